The van der Waals surface area contributed by atoms with Crippen molar-refractivity contribution in [1.29, 1.82) is 0 Å². The monoisotopic (exact) mass is 374 g/mol. The topological polar surface area (TPSA) is 114 Å². The Labute approximate surface area is 150 Å². The van der Waals surface area contributed by atoms with Gasteiger partial charge in [0.05, 0.1) is 22.9 Å². The molecule has 3 aromatic rings. The molecule has 2 heterocycles. The average molecular weight is 374 g/mol. The van der Waals surface area contributed by atoms with Gasteiger partial charge >= 0.3 is 6.09 Å². The van der Waals surface area contributed by atoms with Crippen LogP contribution in [0.2, 0.25) is 0 Å². The lowest BCUT2D eigenvalue weighted by atomic mass is 10.2. The maximum atomic E-state index is 11.7. The van der Waals surface area contributed by atoms with E-state index in [4.69, 9.17) is 4.74 Å². The number of hydrogen-bond acceptors (Lipinski definition) is 6. The van der Waals surface area contributed by atoms with Crippen molar-refractivity contribution in [2.24, 2.45) is 0 Å². The summed E-state index contributed by atoms with van der Waals surface area (Å²) in [5.41, 5.74) is 2.31. The Morgan fingerprint density at radius 3 is 2.54 bits per heavy atom. The van der Waals surface area contributed by atoms with Crippen LogP contribution in [-0.2, 0) is 14.6 Å². The standard InChI is InChI=1S/C17H18N4O4S/c1-10(2)25-17(22)19-12-8-14-16(18-9-12)21-15(20-14)11-4-6-13(7-5-11)26(3,23)24/h4-10H,1-3H3,(H,19,22)(H,18,20,21). The summed E-state index contributed by atoms with van der Waals surface area (Å²) < 4.78 is 28.1. The third-order valence-corrected chi connectivity index (χ3v) is 4.61. The van der Waals surface area contributed by atoms with E-state index in [1.54, 1.807) is 32.0 Å². The number of carbonyl (C=O) groups is 1. The Kier molecular flexibility index (Phi) is 4.64. The fraction of sp³-hybridized carbons (Fsp3) is 0.235. The smallest absolute Gasteiger partial charge is 0.411 e. The van der Waals surface area contributed by atoms with E-state index >= 15 is 0 Å². The number of hydrogen-bond donors (Lipinski definition) is 2. The van der Waals surface area contributed by atoms with Crippen molar-refractivity contribution in [3.63, 3.8) is 0 Å². The van der Waals surface area contributed by atoms with Crippen LogP contribution < -0.4 is 5.32 Å². The van der Waals surface area contributed by atoms with E-state index in [0.717, 1.165) is 11.8 Å². The zero-order valence-corrected chi connectivity index (χ0v) is 15.3. The van der Waals surface area contributed by atoms with Gasteiger partial charge in [-0.15, -0.1) is 0 Å². The van der Waals surface area contributed by atoms with Crippen molar-refractivity contribution in [3.05, 3.63) is 36.5 Å². The highest BCUT2D eigenvalue weighted by Crippen LogP contribution is 2.22. The summed E-state index contributed by atoms with van der Waals surface area (Å²) >= 11 is 0. The van der Waals surface area contributed by atoms with Crippen LogP contribution in [-0.4, -0.2) is 41.8 Å². The molecule has 0 aliphatic rings. The van der Waals surface area contributed by atoms with E-state index in [1.165, 1.54) is 18.3 Å². The number of ether oxygens (including phenoxy) is 1. The van der Waals surface area contributed by atoms with Crippen LogP contribution in [0.15, 0.2) is 41.4 Å². The maximum absolute atomic E-state index is 11.7. The summed E-state index contributed by atoms with van der Waals surface area (Å²) in [7, 11) is -3.25. The highest BCUT2D eigenvalue weighted by atomic mass is 32.2. The molecule has 0 spiro atoms. The molecule has 8 nitrogen and oxygen atoms in total. The van der Waals surface area contributed by atoms with Gasteiger partial charge in [-0.2, -0.15) is 0 Å². The van der Waals surface area contributed by atoms with E-state index in [2.05, 4.69) is 20.3 Å². The average Bonchev–Trinajstić information content (AvgIpc) is 2.96. The van der Waals surface area contributed by atoms with Crippen molar-refractivity contribution >= 4 is 32.8 Å². The van der Waals surface area contributed by atoms with Gasteiger partial charge in [0.15, 0.2) is 15.5 Å². The molecule has 0 aliphatic heterocycles. The minimum atomic E-state index is -3.25. The number of aromatic nitrogens is 3. The molecule has 2 aromatic heterocycles. The fourth-order valence-corrected chi connectivity index (χ4v) is 2.95. The molecule has 1 amide bonds. The molecule has 136 valence electrons. The van der Waals surface area contributed by atoms with E-state index < -0.39 is 15.9 Å². The van der Waals surface area contributed by atoms with Crippen LogP contribution in [0.1, 0.15) is 13.8 Å². The Morgan fingerprint density at radius 2 is 1.92 bits per heavy atom. The van der Waals surface area contributed by atoms with Gasteiger partial charge in [0, 0.05) is 11.8 Å². The molecule has 9 heteroatoms. The quantitative estimate of drug-likeness (QED) is 0.726. The molecule has 2 N–H and O–H groups in total. The highest BCUT2D eigenvalue weighted by molar-refractivity contribution is 7.90. The summed E-state index contributed by atoms with van der Waals surface area (Å²) in [5, 5.41) is 2.59. The van der Waals surface area contributed by atoms with Crippen LogP contribution in [0.3, 0.4) is 0 Å². The molecule has 3 rings (SSSR count). The number of nitrogens with zero attached hydrogens (tertiary/aromatic N) is 2. The van der Waals surface area contributed by atoms with Crippen molar-refractivity contribution in [1.82, 2.24) is 15.0 Å². The van der Waals surface area contributed by atoms with Crippen LogP contribution >= 0.6 is 0 Å². The number of carbonyl (C=O) groups excluding carboxylic acids is 1. The first kappa shape index (κ1) is 17.9. The lowest BCUT2D eigenvalue weighted by Crippen LogP contribution is -2.18. The first-order valence-electron chi connectivity index (χ1n) is 7.86. The van der Waals surface area contributed by atoms with E-state index in [1.807, 2.05) is 0 Å². The van der Waals surface area contributed by atoms with Gasteiger partial charge in [-0.1, -0.05) is 0 Å². The molecule has 0 atom stereocenters. The molecule has 0 saturated heterocycles. The second-order valence-electron chi connectivity index (χ2n) is 6.05. The van der Waals surface area contributed by atoms with Gasteiger partial charge in [0.25, 0.3) is 0 Å². The molecular weight excluding hydrogens is 356 g/mol. The number of pyridine rings is 1. The first-order valence-corrected chi connectivity index (χ1v) is 9.75. The summed E-state index contributed by atoms with van der Waals surface area (Å²) in [6.45, 7) is 3.52. The van der Waals surface area contributed by atoms with E-state index in [9.17, 15) is 13.2 Å². The SMILES string of the molecule is CC(C)OC(=O)Nc1cnc2[nH]c(-c3ccc(S(C)(=O)=O)cc3)nc2c1. The lowest BCUT2D eigenvalue weighted by molar-refractivity contribution is 0.130. The Bertz CT molecular complexity index is 1060. The number of aromatic amines is 1. The second-order valence-corrected chi connectivity index (χ2v) is 8.07. The number of benzene rings is 1. The predicted molar refractivity (Wildman–Crippen MR) is 97.7 cm³/mol. The Hall–Kier alpha value is -2.94. The third kappa shape index (κ3) is 3.99. The number of sulfone groups is 1. The molecule has 0 radical (unpaired) electrons. The van der Waals surface area contributed by atoms with E-state index in [0.29, 0.717) is 22.7 Å². The number of fused-ring (bicyclic) bond motifs is 1. The molecule has 0 fully saturated rings. The summed E-state index contributed by atoms with van der Waals surface area (Å²) in [6.07, 6.45) is 1.87. The van der Waals surface area contributed by atoms with Crippen LogP contribution in [0.4, 0.5) is 10.5 Å². The molecule has 0 bridgehead atoms. The van der Waals surface area contributed by atoms with Crippen molar-refractivity contribution in [2.75, 3.05) is 11.6 Å². The number of rotatable bonds is 4. The van der Waals surface area contributed by atoms with E-state index in [-0.39, 0.29) is 11.0 Å². The Balaban J connectivity index is 1.86. The Morgan fingerprint density at radius 1 is 1.23 bits per heavy atom. The molecule has 0 aliphatic carbocycles. The van der Waals surface area contributed by atoms with Gasteiger partial charge in [0.1, 0.15) is 11.3 Å². The van der Waals surface area contributed by atoms with Crippen molar-refractivity contribution in [3.8, 4) is 11.4 Å². The lowest BCUT2D eigenvalue weighted by Gasteiger charge is -2.08. The minimum absolute atomic E-state index is 0.224. The zero-order chi connectivity index (χ0) is 18.9. The highest BCUT2D eigenvalue weighted by Gasteiger charge is 2.11. The molecule has 1 aromatic carbocycles. The summed E-state index contributed by atoms with van der Waals surface area (Å²) in [4.78, 5) is 23.6. The number of nitrogens with one attached hydrogen (secondary N) is 2. The van der Waals surface area contributed by atoms with Gasteiger partial charge in [-0.25, -0.2) is 23.2 Å². The molecular formula is C17H18N4O4S. The van der Waals surface area contributed by atoms with Gasteiger partial charge in [-0.05, 0) is 44.2 Å². The number of H-pyrrole nitrogens is 1. The minimum Gasteiger partial charge on any atom is -0.447 e. The predicted octanol–water partition coefficient (Wildman–Crippen LogP) is 2.99. The fourth-order valence-electron chi connectivity index (χ4n) is 2.32. The second kappa shape index (κ2) is 6.75. The molecule has 0 unspecified atom stereocenters. The van der Waals surface area contributed by atoms with Gasteiger partial charge < -0.3 is 9.72 Å². The van der Waals surface area contributed by atoms with Crippen LogP contribution in [0.25, 0.3) is 22.6 Å². The zero-order valence-electron chi connectivity index (χ0n) is 14.5. The van der Waals surface area contributed by atoms with Gasteiger partial charge in [-0.3, -0.25) is 5.32 Å². The number of amides is 1. The van der Waals surface area contributed by atoms with Crippen molar-refractivity contribution in [2.45, 2.75) is 24.8 Å². The number of anilines is 1. The first-order chi connectivity index (χ1) is 12.2. The number of imidazole rings is 1. The normalized spacial score (nSPS) is 11.7. The molecule has 26 heavy (non-hydrogen) atoms. The van der Waals surface area contributed by atoms with Gasteiger partial charge in [0.2, 0.25) is 0 Å². The molecule has 0 saturated carbocycles. The van der Waals surface area contributed by atoms with Crippen molar-refractivity contribution < 1.29 is 17.9 Å². The van der Waals surface area contributed by atoms with Crippen LogP contribution in [0.5, 0.6) is 0 Å². The summed E-state index contributed by atoms with van der Waals surface area (Å²) in [6, 6.07) is 8.08. The third-order valence-electron chi connectivity index (χ3n) is 3.48. The largest absolute Gasteiger partial charge is 0.447 e. The summed E-state index contributed by atoms with van der Waals surface area (Å²) in [5.74, 6) is 0.550. The van der Waals surface area contributed by atoms with Crippen LogP contribution in [0, 0.1) is 0 Å². The maximum Gasteiger partial charge on any atom is 0.411 e.